The van der Waals surface area contributed by atoms with Crippen molar-refractivity contribution in [2.45, 2.75) is 25.0 Å². The summed E-state index contributed by atoms with van der Waals surface area (Å²) in [5.74, 6) is -0.441. The van der Waals surface area contributed by atoms with Crippen LogP contribution in [0.25, 0.3) is 0 Å². The van der Waals surface area contributed by atoms with Crippen molar-refractivity contribution < 1.29 is 9.18 Å². The molecule has 0 aromatic heterocycles. The lowest BCUT2D eigenvalue weighted by atomic mass is 10.3. The maximum absolute atomic E-state index is 12.8. The van der Waals surface area contributed by atoms with Crippen LogP contribution in [0.1, 0.15) is 19.8 Å². The molecule has 6 heteroatoms. The smallest absolute Gasteiger partial charge is 0.237 e. The topological polar surface area (TPSA) is 32.3 Å². The van der Waals surface area contributed by atoms with Gasteiger partial charge in [-0.1, -0.05) is 24.0 Å². The van der Waals surface area contributed by atoms with Crippen molar-refractivity contribution in [3.63, 3.8) is 0 Å². The second-order valence-electron chi connectivity index (χ2n) is 4.72. The summed E-state index contributed by atoms with van der Waals surface area (Å²) in [6.45, 7) is 3.79. The third kappa shape index (κ3) is 4.18. The van der Waals surface area contributed by atoms with Gasteiger partial charge in [-0.05, 0) is 44.0 Å². The number of carbonyl (C=O) groups is 1. The number of likely N-dealkylation sites (tertiary alicyclic amines) is 1. The first kappa shape index (κ1) is 15.3. The largest absolute Gasteiger partial charge is 0.358 e. The van der Waals surface area contributed by atoms with E-state index in [1.807, 2.05) is 6.92 Å². The lowest BCUT2D eigenvalue weighted by molar-refractivity contribution is -0.115. The van der Waals surface area contributed by atoms with Crippen LogP contribution in [0.4, 0.5) is 10.1 Å². The third-order valence-electron chi connectivity index (χ3n) is 3.12. The SMILES string of the molecule is C[C@@H](SC(=S)N1CCCC1)C(=O)Nc1ccc(F)cc1. The van der Waals surface area contributed by atoms with Gasteiger partial charge in [0.2, 0.25) is 5.91 Å². The monoisotopic (exact) mass is 312 g/mol. The molecule has 1 heterocycles. The quantitative estimate of drug-likeness (QED) is 0.868. The highest BCUT2D eigenvalue weighted by Crippen LogP contribution is 2.21. The average Bonchev–Trinajstić information content (AvgIpc) is 2.95. The van der Waals surface area contributed by atoms with Gasteiger partial charge in [-0.2, -0.15) is 0 Å². The number of thiocarbonyl (C=S) groups is 1. The minimum absolute atomic E-state index is 0.122. The van der Waals surface area contributed by atoms with E-state index in [-0.39, 0.29) is 17.0 Å². The van der Waals surface area contributed by atoms with Gasteiger partial charge in [0.05, 0.1) is 5.25 Å². The first-order valence-electron chi connectivity index (χ1n) is 6.58. The van der Waals surface area contributed by atoms with Gasteiger partial charge in [-0.3, -0.25) is 4.79 Å². The number of hydrogen-bond donors (Lipinski definition) is 1. The van der Waals surface area contributed by atoms with Crippen LogP contribution < -0.4 is 5.32 Å². The summed E-state index contributed by atoms with van der Waals surface area (Å²) >= 11 is 6.75. The molecule has 0 aliphatic carbocycles. The fourth-order valence-corrected chi connectivity index (χ4v) is 3.37. The first-order chi connectivity index (χ1) is 9.56. The van der Waals surface area contributed by atoms with Crippen molar-refractivity contribution in [2.24, 2.45) is 0 Å². The Morgan fingerprint density at radius 2 is 1.95 bits per heavy atom. The first-order valence-corrected chi connectivity index (χ1v) is 7.87. The van der Waals surface area contributed by atoms with E-state index in [2.05, 4.69) is 10.2 Å². The van der Waals surface area contributed by atoms with Gasteiger partial charge in [-0.25, -0.2) is 4.39 Å². The Hall–Kier alpha value is -1.14. The number of hydrogen-bond acceptors (Lipinski definition) is 3. The Kier molecular flexibility index (Phi) is 5.37. The highest BCUT2D eigenvalue weighted by atomic mass is 32.2. The Morgan fingerprint density at radius 3 is 2.55 bits per heavy atom. The Bertz CT molecular complexity index is 486. The normalized spacial score (nSPS) is 16.0. The van der Waals surface area contributed by atoms with Gasteiger partial charge >= 0.3 is 0 Å². The van der Waals surface area contributed by atoms with Crippen LogP contribution in [-0.2, 0) is 4.79 Å². The molecular weight excluding hydrogens is 295 g/mol. The number of thioether (sulfide) groups is 1. The average molecular weight is 312 g/mol. The van der Waals surface area contributed by atoms with Crippen LogP contribution in [-0.4, -0.2) is 33.5 Å². The molecule has 1 saturated heterocycles. The van der Waals surface area contributed by atoms with Crippen molar-refractivity contribution in [1.82, 2.24) is 4.90 Å². The number of amides is 1. The maximum Gasteiger partial charge on any atom is 0.237 e. The Balaban J connectivity index is 1.85. The summed E-state index contributed by atoms with van der Waals surface area (Å²) in [6.07, 6.45) is 2.33. The van der Waals surface area contributed by atoms with E-state index in [9.17, 15) is 9.18 Å². The van der Waals surface area contributed by atoms with Crippen LogP contribution in [0.15, 0.2) is 24.3 Å². The fourth-order valence-electron chi connectivity index (χ4n) is 1.96. The zero-order valence-corrected chi connectivity index (χ0v) is 12.9. The molecule has 2 rings (SSSR count). The van der Waals surface area contributed by atoms with E-state index in [1.54, 1.807) is 12.1 Å². The summed E-state index contributed by atoms with van der Waals surface area (Å²) in [5.41, 5.74) is 0.593. The lowest BCUT2D eigenvalue weighted by Gasteiger charge is -2.20. The molecule has 0 radical (unpaired) electrons. The molecule has 0 bridgehead atoms. The second-order valence-corrected chi connectivity index (χ2v) is 6.69. The van der Waals surface area contributed by atoms with Crippen molar-refractivity contribution in [2.75, 3.05) is 18.4 Å². The minimum Gasteiger partial charge on any atom is -0.358 e. The molecule has 0 spiro atoms. The van der Waals surface area contributed by atoms with E-state index in [1.165, 1.54) is 23.9 Å². The van der Waals surface area contributed by atoms with Crippen LogP contribution in [0, 0.1) is 5.82 Å². The molecule has 1 fully saturated rings. The molecule has 1 atom stereocenters. The van der Waals surface area contributed by atoms with Crippen molar-refractivity contribution in [1.29, 1.82) is 0 Å². The van der Waals surface area contributed by atoms with Crippen molar-refractivity contribution in [3.05, 3.63) is 30.1 Å². The maximum atomic E-state index is 12.8. The van der Waals surface area contributed by atoms with Crippen LogP contribution in [0.2, 0.25) is 0 Å². The number of nitrogens with one attached hydrogen (secondary N) is 1. The van der Waals surface area contributed by atoms with Gasteiger partial charge in [0.25, 0.3) is 0 Å². The summed E-state index contributed by atoms with van der Waals surface area (Å²) in [6, 6.07) is 5.73. The third-order valence-corrected chi connectivity index (χ3v) is 4.70. The zero-order chi connectivity index (χ0) is 14.5. The molecule has 0 saturated carbocycles. The fraction of sp³-hybridized carbons (Fsp3) is 0.429. The lowest BCUT2D eigenvalue weighted by Crippen LogP contribution is -2.29. The standard InChI is InChI=1S/C14H17FN2OS2/c1-10(20-14(19)17-8-2-3-9-17)13(18)16-12-6-4-11(15)5-7-12/h4-7,10H,2-3,8-9H2,1H3,(H,16,18)/t10-/m1/s1. The summed E-state index contributed by atoms with van der Waals surface area (Å²) in [4.78, 5) is 14.2. The molecule has 1 N–H and O–H groups in total. The van der Waals surface area contributed by atoms with Crippen molar-refractivity contribution in [3.8, 4) is 0 Å². The molecule has 3 nitrogen and oxygen atoms in total. The van der Waals surface area contributed by atoms with E-state index in [0.29, 0.717) is 5.69 Å². The minimum atomic E-state index is -0.319. The van der Waals surface area contributed by atoms with Gasteiger partial charge in [0.15, 0.2) is 0 Å². The molecule has 1 amide bonds. The second kappa shape index (κ2) is 7.04. The van der Waals surface area contributed by atoms with Gasteiger partial charge in [-0.15, -0.1) is 0 Å². The predicted molar refractivity (Wildman–Crippen MR) is 85.5 cm³/mol. The molecule has 1 aromatic rings. The van der Waals surface area contributed by atoms with Crippen molar-refractivity contribution >= 4 is 39.9 Å². The molecule has 20 heavy (non-hydrogen) atoms. The number of halogens is 1. The molecular formula is C14H17FN2OS2. The molecule has 1 aromatic carbocycles. The van der Waals surface area contributed by atoms with Gasteiger partial charge in [0.1, 0.15) is 10.1 Å². The predicted octanol–water partition coefficient (Wildman–Crippen LogP) is 3.27. The molecule has 1 aliphatic rings. The molecule has 1 aliphatic heterocycles. The van der Waals surface area contributed by atoms with E-state index < -0.39 is 0 Å². The van der Waals surface area contributed by atoms with E-state index >= 15 is 0 Å². The molecule has 108 valence electrons. The highest BCUT2D eigenvalue weighted by Gasteiger charge is 2.21. The summed E-state index contributed by atoms with van der Waals surface area (Å²) in [5, 5.41) is 2.49. The number of benzene rings is 1. The van der Waals surface area contributed by atoms with E-state index in [0.717, 1.165) is 30.3 Å². The number of carbonyl (C=O) groups excluding carboxylic acids is 1. The Labute approximate surface area is 127 Å². The Morgan fingerprint density at radius 1 is 1.35 bits per heavy atom. The highest BCUT2D eigenvalue weighted by molar-refractivity contribution is 8.23. The van der Waals surface area contributed by atoms with Gasteiger partial charge < -0.3 is 10.2 Å². The number of nitrogens with zero attached hydrogens (tertiary/aromatic N) is 1. The zero-order valence-electron chi connectivity index (χ0n) is 11.3. The molecule has 0 unspecified atom stereocenters. The number of anilines is 1. The van der Waals surface area contributed by atoms with Crippen LogP contribution >= 0.6 is 24.0 Å². The van der Waals surface area contributed by atoms with E-state index in [4.69, 9.17) is 12.2 Å². The summed E-state index contributed by atoms with van der Waals surface area (Å²) < 4.78 is 13.6. The van der Waals surface area contributed by atoms with Crippen LogP contribution in [0.5, 0.6) is 0 Å². The van der Waals surface area contributed by atoms with Crippen LogP contribution in [0.3, 0.4) is 0 Å². The number of rotatable bonds is 3. The van der Waals surface area contributed by atoms with Gasteiger partial charge in [0, 0.05) is 18.8 Å². The summed E-state index contributed by atoms with van der Waals surface area (Å²) in [7, 11) is 0.